The molecule has 0 bridgehead atoms. The largest absolute Gasteiger partial charge is 0.486 e. The number of hydrogen-bond donors (Lipinski definition) is 1. The second-order valence-electron chi connectivity index (χ2n) is 11.9. The molecule has 0 spiro atoms. The van der Waals surface area contributed by atoms with Gasteiger partial charge < -0.3 is 24.1 Å². The minimum Gasteiger partial charge on any atom is -0.486 e. The molecule has 0 saturated heterocycles. The van der Waals surface area contributed by atoms with E-state index in [1.165, 1.54) is 18.4 Å². The second kappa shape index (κ2) is 20.6. The predicted molar refractivity (Wildman–Crippen MR) is 190 cm³/mol. The topological polar surface area (TPSA) is 91.3 Å². The highest BCUT2D eigenvalue weighted by molar-refractivity contribution is 5.85. The zero-order chi connectivity index (χ0) is 34.7. The zero-order valence-corrected chi connectivity index (χ0v) is 28.9. The summed E-state index contributed by atoms with van der Waals surface area (Å²) in [4.78, 5) is 24.3. The van der Waals surface area contributed by atoms with E-state index >= 15 is 0 Å². The summed E-state index contributed by atoms with van der Waals surface area (Å²) in [5.74, 6) is 2.55. The number of ether oxygens (including phenoxy) is 4. The molecule has 0 aliphatic heterocycles. The lowest BCUT2D eigenvalue weighted by Crippen LogP contribution is -2.28. The Hall–Kier alpha value is -4.62. The van der Waals surface area contributed by atoms with Gasteiger partial charge in [-0.1, -0.05) is 73.0 Å². The highest BCUT2D eigenvalue weighted by atomic mass is 16.5. The van der Waals surface area contributed by atoms with Crippen molar-refractivity contribution < 1.29 is 33.6 Å². The summed E-state index contributed by atoms with van der Waals surface area (Å²) in [6.07, 6.45) is 3.92. The standard InChI is InChI=1S/C21H26O3.C20H24O4/c1-4-5-6-18-9-13-20(14-10-18)24-17(3)21(22)15-23-19-11-7-16(2)8-12-19;1-15-5-9-18(10-6-15)23-14-20(22)16(2)24-19-11-7-17(8-12-19)4-3-13-21/h7-14,17H,4-6,15H2,1-3H3;5-12,16,21H,3-4,13-14H2,1-2H3. The third-order valence-corrected chi connectivity index (χ3v) is 7.63. The van der Waals surface area contributed by atoms with Crippen LogP contribution in [-0.4, -0.2) is 48.7 Å². The Morgan fingerprint density at radius 2 is 0.917 bits per heavy atom. The van der Waals surface area contributed by atoms with Crippen molar-refractivity contribution in [3.8, 4) is 23.0 Å². The van der Waals surface area contributed by atoms with Crippen molar-refractivity contribution in [2.24, 2.45) is 0 Å². The first kappa shape index (κ1) is 37.8. The van der Waals surface area contributed by atoms with Crippen molar-refractivity contribution in [3.63, 3.8) is 0 Å². The van der Waals surface area contributed by atoms with Gasteiger partial charge in [-0.05, 0) is 113 Å². The Balaban J connectivity index is 0.000000260. The van der Waals surface area contributed by atoms with Gasteiger partial charge in [-0.25, -0.2) is 0 Å². The molecule has 0 aromatic heterocycles. The molecule has 4 aromatic rings. The van der Waals surface area contributed by atoms with Crippen LogP contribution >= 0.6 is 0 Å². The maximum absolute atomic E-state index is 12.1. The number of rotatable bonds is 18. The van der Waals surface area contributed by atoms with Gasteiger partial charge in [0.1, 0.15) is 23.0 Å². The predicted octanol–water partition coefficient (Wildman–Crippen LogP) is 8.09. The molecule has 0 radical (unpaired) electrons. The van der Waals surface area contributed by atoms with E-state index in [9.17, 15) is 9.59 Å². The van der Waals surface area contributed by atoms with Crippen molar-refractivity contribution in [2.45, 2.75) is 78.9 Å². The number of Topliss-reactive ketones (excluding diaryl/α,β-unsaturated/α-hetero) is 2. The van der Waals surface area contributed by atoms with Crippen molar-refractivity contribution in [2.75, 3.05) is 19.8 Å². The fourth-order valence-corrected chi connectivity index (χ4v) is 4.49. The lowest BCUT2D eigenvalue weighted by atomic mass is 10.1. The average molecular weight is 655 g/mol. The molecule has 2 atom stereocenters. The summed E-state index contributed by atoms with van der Waals surface area (Å²) in [6, 6.07) is 30.8. The van der Waals surface area contributed by atoms with Crippen molar-refractivity contribution in [1.29, 1.82) is 0 Å². The number of benzene rings is 4. The van der Waals surface area contributed by atoms with Gasteiger partial charge >= 0.3 is 0 Å². The van der Waals surface area contributed by atoms with E-state index in [0.29, 0.717) is 23.0 Å². The first-order valence-corrected chi connectivity index (χ1v) is 16.7. The lowest BCUT2D eigenvalue weighted by molar-refractivity contribution is -0.127. The molecule has 0 fully saturated rings. The van der Waals surface area contributed by atoms with Crippen molar-refractivity contribution in [3.05, 3.63) is 119 Å². The molecule has 0 aliphatic rings. The second-order valence-corrected chi connectivity index (χ2v) is 11.9. The SMILES string of the molecule is CCCCc1ccc(OC(C)C(=O)COc2ccc(C)cc2)cc1.Cc1ccc(OCC(=O)C(C)Oc2ccc(CCCO)cc2)cc1. The van der Waals surface area contributed by atoms with Gasteiger partial charge in [0.25, 0.3) is 0 Å². The first-order valence-electron chi connectivity index (χ1n) is 16.7. The van der Waals surface area contributed by atoms with Gasteiger partial charge in [-0.3, -0.25) is 9.59 Å². The van der Waals surface area contributed by atoms with Gasteiger partial charge in [0.05, 0.1) is 0 Å². The molecule has 2 unspecified atom stereocenters. The molecule has 256 valence electrons. The third kappa shape index (κ3) is 14.0. The number of carbonyl (C=O) groups is 2. The fourth-order valence-electron chi connectivity index (χ4n) is 4.49. The van der Waals surface area contributed by atoms with Crippen LogP contribution in [0.1, 0.15) is 62.3 Å². The van der Waals surface area contributed by atoms with Crippen molar-refractivity contribution >= 4 is 11.6 Å². The molecule has 7 heteroatoms. The monoisotopic (exact) mass is 654 g/mol. The van der Waals surface area contributed by atoms with E-state index in [0.717, 1.165) is 36.0 Å². The van der Waals surface area contributed by atoms with Crippen LogP contribution in [0.4, 0.5) is 0 Å². The minimum absolute atomic E-state index is 0.0127. The molecule has 4 aromatic carbocycles. The van der Waals surface area contributed by atoms with E-state index in [1.807, 2.05) is 98.8 Å². The van der Waals surface area contributed by atoms with Gasteiger partial charge in [0, 0.05) is 6.61 Å². The van der Waals surface area contributed by atoms with E-state index in [2.05, 4.69) is 19.1 Å². The summed E-state index contributed by atoms with van der Waals surface area (Å²) < 4.78 is 22.4. The summed E-state index contributed by atoms with van der Waals surface area (Å²) >= 11 is 0. The number of ketones is 2. The molecule has 4 rings (SSSR count). The van der Waals surface area contributed by atoms with Crippen LogP contribution in [0.3, 0.4) is 0 Å². The third-order valence-electron chi connectivity index (χ3n) is 7.63. The Bertz CT molecular complexity index is 1380. The minimum atomic E-state index is -0.571. The Kier molecular flexibility index (Phi) is 16.2. The Labute approximate surface area is 285 Å². The molecule has 48 heavy (non-hydrogen) atoms. The Morgan fingerprint density at radius 3 is 1.27 bits per heavy atom. The lowest BCUT2D eigenvalue weighted by Gasteiger charge is -2.14. The summed E-state index contributed by atoms with van der Waals surface area (Å²) in [6.45, 7) is 9.86. The first-order chi connectivity index (χ1) is 23.2. The average Bonchev–Trinajstić information content (AvgIpc) is 3.10. The summed E-state index contributed by atoms with van der Waals surface area (Å²) in [5, 5.41) is 8.83. The van der Waals surface area contributed by atoms with Crippen LogP contribution in [-0.2, 0) is 22.4 Å². The van der Waals surface area contributed by atoms with E-state index < -0.39 is 12.2 Å². The smallest absolute Gasteiger partial charge is 0.210 e. The number of carbonyl (C=O) groups excluding carboxylic acids is 2. The fraction of sp³-hybridized carbons (Fsp3) is 0.366. The van der Waals surface area contributed by atoms with Crippen LogP contribution in [0.15, 0.2) is 97.1 Å². The molecular weight excluding hydrogens is 604 g/mol. The van der Waals surface area contributed by atoms with Crippen LogP contribution in [0.2, 0.25) is 0 Å². The number of aryl methyl sites for hydroxylation is 4. The van der Waals surface area contributed by atoms with E-state index in [4.69, 9.17) is 24.1 Å². The summed E-state index contributed by atoms with van der Waals surface area (Å²) in [5.41, 5.74) is 4.74. The molecule has 0 aliphatic carbocycles. The molecule has 0 saturated carbocycles. The highest BCUT2D eigenvalue weighted by Gasteiger charge is 2.16. The maximum Gasteiger partial charge on any atom is 0.210 e. The number of aliphatic hydroxyl groups excluding tert-OH is 1. The molecule has 0 amide bonds. The Morgan fingerprint density at radius 1 is 0.562 bits per heavy atom. The van der Waals surface area contributed by atoms with Crippen LogP contribution in [0.25, 0.3) is 0 Å². The van der Waals surface area contributed by atoms with Gasteiger partial charge in [0.15, 0.2) is 25.4 Å². The molecule has 0 heterocycles. The molecule has 1 N–H and O–H groups in total. The van der Waals surface area contributed by atoms with Gasteiger partial charge in [0.2, 0.25) is 11.6 Å². The van der Waals surface area contributed by atoms with E-state index in [-0.39, 0.29) is 31.4 Å². The van der Waals surface area contributed by atoms with E-state index in [1.54, 1.807) is 13.8 Å². The van der Waals surface area contributed by atoms with Crippen molar-refractivity contribution in [1.82, 2.24) is 0 Å². The zero-order valence-electron chi connectivity index (χ0n) is 28.9. The summed E-state index contributed by atoms with van der Waals surface area (Å²) in [7, 11) is 0. The van der Waals surface area contributed by atoms with Crippen LogP contribution in [0, 0.1) is 13.8 Å². The quantitative estimate of drug-likeness (QED) is 0.116. The molecular formula is C41H50O7. The number of aliphatic hydroxyl groups is 1. The number of unbranched alkanes of at least 4 members (excludes halogenated alkanes) is 1. The normalized spacial score (nSPS) is 11.8. The van der Waals surface area contributed by atoms with Gasteiger partial charge in [-0.15, -0.1) is 0 Å². The maximum atomic E-state index is 12.1. The number of hydrogen-bond acceptors (Lipinski definition) is 7. The van der Waals surface area contributed by atoms with Crippen LogP contribution < -0.4 is 18.9 Å². The van der Waals surface area contributed by atoms with Crippen LogP contribution in [0.5, 0.6) is 23.0 Å². The highest BCUT2D eigenvalue weighted by Crippen LogP contribution is 2.18. The van der Waals surface area contributed by atoms with Gasteiger partial charge in [-0.2, -0.15) is 0 Å². The molecule has 7 nitrogen and oxygen atoms in total.